The fraction of sp³-hybridized carbons (Fsp3) is 0.286. The van der Waals surface area contributed by atoms with Crippen molar-refractivity contribution < 1.29 is 14.4 Å². The van der Waals surface area contributed by atoms with Gasteiger partial charge in [0.2, 0.25) is 11.8 Å². The van der Waals surface area contributed by atoms with E-state index in [1.54, 1.807) is 36.0 Å². The quantitative estimate of drug-likeness (QED) is 0.320. The summed E-state index contributed by atoms with van der Waals surface area (Å²) < 4.78 is 1.54. The van der Waals surface area contributed by atoms with Gasteiger partial charge in [-0.2, -0.15) is 0 Å². The number of nitrogens with two attached hydrogens (primary N) is 1. The Morgan fingerprint density at radius 2 is 1.85 bits per heavy atom. The topological polar surface area (TPSA) is 148 Å². The van der Waals surface area contributed by atoms with Gasteiger partial charge in [0.15, 0.2) is 5.69 Å². The summed E-state index contributed by atoms with van der Waals surface area (Å²) in [7, 11) is 0. The molecule has 1 fully saturated rings. The van der Waals surface area contributed by atoms with Crippen molar-refractivity contribution in [3.63, 3.8) is 0 Å². The summed E-state index contributed by atoms with van der Waals surface area (Å²) in [6.45, 7) is 5.14. The molecule has 4 N–H and O–H groups in total. The Morgan fingerprint density at radius 1 is 1.08 bits per heavy atom. The molecule has 4 heterocycles. The van der Waals surface area contributed by atoms with Gasteiger partial charge in [0.1, 0.15) is 0 Å². The molecular weight excluding hydrogens is 496 g/mol. The number of carbonyl (C=O) groups excluding carboxylic acids is 3. The number of nitrogens with one attached hydrogen (secondary N) is 2. The first-order chi connectivity index (χ1) is 18.8. The van der Waals surface area contributed by atoms with Gasteiger partial charge in [-0.15, -0.1) is 5.10 Å². The molecule has 0 radical (unpaired) electrons. The van der Waals surface area contributed by atoms with Crippen LogP contribution in [0, 0.1) is 6.92 Å². The molecule has 1 aliphatic heterocycles. The molecule has 0 saturated carbocycles. The van der Waals surface area contributed by atoms with Gasteiger partial charge < -0.3 is 16.4 Å². The fourth-order valence-electron chi connectivity index (χ4n) is 4.77. The predicted molar refractivity (Wildman–Crippen MR) is 147 cm³/mol. The number of aryl methyl sites for hydroxylation is 1. The van der Waals surface area contributed by atoms with Crippen LogP contribution in [-0.2, 0) is 16.0 Å². The van der Waals surface area contributed by atoms with Gasteiger partial charge in [0.25, 0.3) is 5.91 Å². The van der Waals surface area contributed by atoms with Crippen molar-refractivity contribution in [1.82, 2.24) is 24.7 Å². The van der Waals surface area contributed by atoms with Crippen LogP contribution < -0.4 is 16.4 Å². The van der Waals surface area contributed by atoms with Crippen LogP contribution in [0.4, 0.5) is 11.4 Å². The van der Waals surface area contributed by atoms with Crippen molar-refractivity contribution in [1.29, 1.82) is 0 Å². The third-order valence-corrected chi connectivity index (χ3v) is 6.95. The third kappa shape index (κ3) is 5.93. The lowest BCUT2D eigenvalue weighted by Crippen LogP contribution is -2.35. The minimum Gasteiger partial charge on any atom is -0.369 e. The van der Waals surface area contributed by atoms with E-state index in [4.69, 9.17) is 5.73 Å². The molecule has 1 saturated heterocycles. The van der Waals surface area contributed by atoms with E-state index in [2.05, 4.69) is 37.8 Å². The number of benzene rings is 1. The predicted octanol–water partition coefficient (Wildman–Crippen LogP) is 2.80. The van der Waals surface area contributed by atoms with Crippen LogP contribution >= 0.6 is 0 Å². The molecular formula is C28H30N8O3. The highest BCUT2D eigenvalue weighted by Crippen LogP contribution is 2.23. The highest BCUT2D eigenvalue weighted by atomic mass is 16.2. The van der Waals surface area contributed by atoms with Gasteiger partial charge in [0, 0.05) is 17.8 Å². The molecule has 3 aromatic heterocycles. The number of hydrogen-bond acceptors (Lipinski definition) is 7. The molecule has 4 aromatic rings. The Bertz CT molecular complexity index is 1550. The molecule has 0 unspecified atom stereocenters. The van der Waals surface area contributed by atoms with Crippen LogP contribution in [-0.4, -0.2) is 61.6 Å². The number of aromatic nitrogens is 4. The Labute approximate surface area is 225 Å². The standard InChI is InChI=1S/C28H30N8O3/c1-17-4-3-11-35(17)16-26(38)31-22-13-23(18(2)30-14-22)32-28(39)27-24-10-9-21(15-36(24)34-33-27)20-7-5-19(6-8-20)12-25(29)37/h5-10,13-15,17H,3-4,11-12,16H2,1-2H3,(H2,29,37)(H,31,38)(H,32,39)/t17-/m0/s1. The monoisotopic (exact) mass is 526 g/mol. The maximum absolute atomic E-state index is 13.1. The summed E-state index contributed by atoms with van der Waals surface area (Å²) in [4.78, 5) is 43.3. The summed E-state index contributed by atoms with van der Waals surface area (Å²) in [5.74, 6) is -0.936. The van der Waals surface area contributed by atoms with Gasteiger partial charge in [-0.05, 0) is 56.5 Å². The second-order valence-electron chi connectivity index (χ2n) is 9.85. The number of fused-ring (bicyclic) bond motifs is 1. The van der Waals surface area contributed by atoms with Crippen molar-refractivity contribution in [2.45, 2.75) is 39.2 Å². The SMILES string of the molecule is Cc1ncc(NC(=O)CN2CCC[C@@H]2C)cc1NC(=O)c1nnn2cc(-c3ccc(CC(N)=O)cc3)ccc12. The van der Waals surface area contributed by atoms with E-state index in [-0.39, 0.29) is 23.9 Å². The van der Waals surface area contributed by atoms with Crippen molar-refractivity contribution in [2.24, 2.45) is 5.73 Å². The zero-order valence-corrected chi connectivity index (χ0v) is 21.8. The van der Waals surface area contributed by atoms with Crippen LogP contribution in [0.15, 0.2) is 54.9 Å². The van der Waals surface area contributed by atoms with Gasteiger partial charge in [-0.25, -0.2) is 4.52 Å². The first-order valence-corrected chi connectivity index (χ1v) is 12.8. The molecule has 11 heteroatoms. The molecule has 1 aromatic carbocycles. The fourth-order valence-corrected chi connectivity index (χ4v) is 4.77. The lowest BCUT2D eigenvalue weighted by molar-refractivity contribution is -0.118. The number of nitrogens with zero attached hydrogens (tertiary/aromatic N) is 5. The number of pyridine rings is 2. The van der Waals surface area contributed by atoms with E-state index in [1.165, 1.54) is 0 Å². The molecule has 1 atom stereocenters. The number of rotatable bonds is 8. The van der Waals surface area contributed by atoms with Crippen molar-refractivity contribution >= 4 is 34.6 Å². The summed E-state index contributed by atoms with van der Waals surface area (Å²) in [6, 6.07) is 13.2. The van der Waals surface area contributed by atoms with E-state index in [1.807, 2.05) is 30.3 Å². The Kier molecular flexibility index (Phi) is 7.33. The molecule has 11 nitrogen and oxygen atoms in total. The van der Waals surface area contributed by atoms with E-state index in [0.717, 1.165) is 36.1 Å². The molecule has 1 aliphatic rings. The highest BCUT2D eigenvalue weighted by molar-refractivity contribution is 6.08. The van der Waals surface area contributed by atoms with E-state index in [9.17, 15) is 14.4 Å². The van der Waals surface area contributed by atoms with Crippen molar-refractivity contribution in [3.8, 4) is 11.1 Å². The first-order valence-electron chi connectivity index (χ1n) is 12.8. The van der Waals surface area contributed by atoms with E-state index < -0.39 is 5.91 Å². The molecule has 0 spiro atoms. The van der Waals surface area contributed by atoms with Crippen LogP contribution in [0.5, 0.6) is 0 Å². The molecule has 0 aliphatic carbocycles. The largest absolute Gasteiger partial charge is 0.369 e. The van der Waals surface area contributed by atoms with Gasteiger partial charge >= 0.3 is 0 Å². The molecule has 3 amide bonds. The molecule has 5 rings (SSSR count). The number of hydrogen-bond donors (Lipinski definition) is 3. The first kappa shape index (κ1) is 26.0. The number of primary amides is 1. The van der Waals surface area contributed by atoms with Crippen molar-refractivity contribution in [2.75, 3.05) is 23.7 Å². The van der Waals surface area contributed by atoms with Gasteiger partial charge in [-0.3, -0.25) is 24.3 Å². The Morgan fingerprint density at radius 3 is 2.56 bits per heavy atom. The Balaban J connectivity index is 1.29. The minimum atomic E-state index is -0.437. The second-order valence-corrected chi connectivity index (χ2v) is 9.85. The summed E-state index contributed by atoms with van der Waals surface area (Å²) in [5.41, 5.74) is 10.2. The zero-order valence-electron chi connectivity index (χ0n) is 21.8. The van der Waals surface area contributed by atoms with Crippen LogP contribution in [0.3, 0.4) is 0 Å². The van der Waals surface area contributed by atoms with E-state index >= 15 is 0 Å². The molecule has 200 valence electrons. The summed E-state index contributed by atoms with van der Waals surface area (Å²) >= 11 is 0. The minimum absolute atomic E-state index is 0.116. The Hall–Kier alpha value is -4.64. The average molecular weight is 527 g/mol. The smallest absolute Gasteiger partial charge is 0.278 e. The highest BCUT2D eigenvalue weighted by Gasteiger charge is 2.22. The summed E-state index contributed by atoms with van der Waals surface area (Å²) in [6.07, 6.45) is 5.74. The second kappa shape index (κ2) is 11.0. The summed E-state index contributed by atoms with van der Waals surface area (Å²) in [5, 5.41) is 13.9. The van der Waals surface area contributed by atoms with E-state index in [0.29, 0.717) is 35.2 Å². The van der Waals surface area contributed by atoms with Crippen LogP contribution in [0.1, 0.15) is 41.5 Å². The van der Waals surface area contributed by atoms with Gasteiger partial charge in [0.05, 0.1) is 41.7 Å². The van der Waals surface area contributed by atoms with Gasteiger partial charge in [-0.1, -0.05) is 35.5 Å². The normalized spacial score (nSPS) is 15.4. The van der Waals surface area contributed by atoms with Crippen LogP contribution in [0.25, 0.3) is 16.6 Å². The zero-order chi connectivity index (χ0) is 27.5. The lowest BCUT2D eigenvalue weighted by Gasteiger charge is -2.20. The van der Waals surface area contributed by atoms with Crippen LogP contribution in [0.2, 0.25) is 0 Å². The average Bonchev–Trinajstić information content (AvgIpc) is 3.51. The maximum atomic E-state index is 13.1. The molecule has 39 heavy (non-hydrogen) atoms. The maximum Gasteiger partial charge on any atom is 0.278 e. The molecule has 0 bridgehead atoms. The number of amides is 3. The number of carbonyl (C=O) groups is 3. The third-order valence-electron chi connectivity index (χ3n) is 6.95. The number of likely N-dealkylation sites (tertiary alicyclic amines) is 1. The van der Waals surface area contributed by atoms with Crippen molar-refractivity contribution in [3.05, 3.63) is 71.8 Å². The lowest BCUT2D eigenvalue weighted by atomic mass is 10.0. The number of anilines is 2.